The molecular formula is C21H20N4O4S. The second kappa shape index (κ2) is 7.19. The van der Waals surface area contributed by atoms with E-state index < -0.39 is 16.0 Å². The Morgan fingerprint density at radius 2 is 1.90 bits per heavy atom. The van der Waals surface area contributed by atoms with Crippen LogP contribution in [0.15, 0.2) is 47.4 Å². The van der Waals surface area contributed by atoms with Crippen LogP contribution in [0.3, 0.4) is 0 Å². The largest absolute Gasteiger partial charge is 0.478 e. The minimum Gasteiger partial charge on any atom is -0.478 e. The molecule has 0 atom stereocenters. The molecule has 0 radical (unpaired) electrons. The standard InChI is InChI=1S/C21H20N4O4S/c1-4-12-8-9-15-13(10-12)11-14(21(26)27)18(22-15)20-23-16-6-5-7-17(19(16)24-20)30(28,29)25(2)3/h5-11H,4H2,1-3H3,(H,23,24)(H,26,27). The number of H-pyrrole nitrogens is 1. The highest BCUT2D eigenvalue weighted by atomic mass is 32.2. The van der Waals surface area contributed by atoms with Crippen molar-refractivity contribution in [1.82, 2.24) is 19.3 Å². The van der Waals surface area contributed by atoms with Gasteiger partial charge in [0.05, 0.1) is 16.6 Å². The summed E-state index contributed by atoms with van der Waals surface area (Å²) in [6, 6.07) is 12.0. The molecule has 0 bridgehead atoms. The first-order valence-electron chi connectivity index (χ1n) is 9.31. The van der Waals surface area contributed by atoms with Crippen LogP contribution in [0.2, 0.25) is 0 Å². The van der Waals surface area contributed by atoms with E-state index in [0.717, 1.165) is 21.7 Å². The van der Waals surface area contributed by atoms with Gasteiger partial charge >= 0.3 is 5.97 Å². The van der Waals surface area contributed by atoms with E-state index in [1.165, 1.54) is 20.2 Å². The number of aromatic amines is 1. The SMILES string of the molecule is CCc1ccc2nc(-c3nc4c(S(=O)(=O)N(C)C)cccc4[nH]3)c(C(=O)O)cc2c1. The lowest BCUT2D eigenvalue weighted by molar-refractivity contribution is 0.0697. The molecule has 0 aliphatic carbocycles. The molecule has 9 heteroatoms. The molecule has 0 amide bonds. The predicted octanol–water partition coefficient (Wildman–Crippen LogP) is 3.29. The summed E-state index contributed by atoms with van der Waals surface area (Å²) >= 11 is 0. The van der Waals surface area contributed by atoms with Crippen molar-refractivity contribution < 1.29 is 18.3 Å². The molecule has 0 aliphatic rings. The molecule has 4 rings (SSSR count). The first-order valence-corrected chi connectivity index (χ1v) is 10.7. The minimum absolute atomic E-state index is 0.00757. The summed E-state index contributed by atoms with van der Waals surface area (Å²) in [4.78, 5) is 24.0. The summed E-state index contributed by atoms with van der Waals surface area (Å²) in [6.45, 7) is 2.02. The third kappa shape index (κ3) is 3.21. The van der Waals surface area contributed by atoms with Gasteiger partial charge in [0, 0.05) is 19.5 Å². The maximum Gasteiger partial charge on any atom is 0.338 e. The first-order chi connectivity index (χ1) is 14.2. The third-order valence-corrected chi connectivity index (χ3v) is 6.82. The molecule has 30 heavy (non-hydrogen) atoms. The van der Waals surface area contributed by atoms with Crippen molar-refractivity contribution in [2.45, 2.75) is 18.2 Å². The number of aromatic nitrogens is 3. The zero-order valence-electron chi connectivity index (χ0n) is 16.7. The van der Waals surface area contributed by atoms with Crippen LogP contribution in [0, 0.1) is 0 Å². The van der Waals surface area contributed by atoms with Crippen LogP contribution in [-0.2, 0) is 16.4 Å². The van der Waals surface area contributed by atoms with Crippen LogP contribution in [0.4, 0.5) is 0 Å². The Morgan fingerprint density at radius 3 is 2.57 bits per heavy atom. The fraction of sp³-hybridized carbons (Fsp3) is 0.190. The van der Waals surface area contributed by atoms with Gasteiger partial charge in [0.1, 0.15) is 16.1 Å². The monoisotopic (exact) mass is 424 g/mol. The fourth-order valence-corrected chi connectivity index (χ4v) is 4.36. The molecule has 4 aromatic rings. The fourth-order valence-electron chi connectivity index (χ4n) is 3.31. The lowest BCUT2D eigenvalue weighted by Gasteiger charge is -2.11. The number of nitrogens with one attached hydrogen (secondary N) is 1. The number of hydrogen-bond acceptors (Lipinski definition) is 5. The van der Waals surface area contributed by atoms with E-state index in [4.69, 9.17) is 0 Å². The Morgan fingerprint density at radius 1 is 1.13 bits per heavy atom. The van der Waals surface area contributed by atoms with E-state index in [0.29, 0.717) is 11.0 Å². The normalized spacial score (nSPS) is 12.1. The summed E-state index contributed by atoms with van der Waals surface area (Å²) in [5, 5.41) is 10.5. The number of para-hydroxylation sites is 1. The van der Waals surface area contributed by atoms with Crippen molar-refractivity contribution in [3.8, 4) is 11.5 Å². The summed E-state index contributed by atoms with van der Waals surface area (Å²) in [6.07, 6.45) is 0.826. The maximum absolute atomic E-state index is 12.7. The zero-order chi connectivity index (χ0) is 21.6. The van der Waals surface area contributed by atoms with Gasteiger partial charge in [-0.05, 0) is 42.3 Å². The Hall–Kier alpha value is -3.30. The van der Waals surface area contributed by atoms with Crippen LogP contribution >= 0.6 is 0 Å². The van der Waals surface area contributed by atoms with Crippen molar-refractivity contribution in [2.75, 3.05) is 14.1 Å². The molecular weight excluding hydrogens is 404 g/mol. The number of pyridine rings is 1. The number of carbonyl (C=O) groups is 1. The third-order valence-electron chi connectivity index (χ3n) is 4.98. The molecule has 2 aromatic carbocycles. The van der Waals surface area contributed by atoms with E-state index in [1.54, 1.807) is 18.2 Å². The number of carboxylic acids is 1. The van der Waals surface area contributed by atoms with Gasteiger partial charge in [-0.15, -0.1) is 0 Å². The average Bonchev–Trinajstić information content (AvgIpc) is 3.16. The summed E-state index contributed by atoms with van der Waals surface area (Å²) in [5.74, 6) is -0.937. The minimum atomic E-state index is -3.73. The zero-order valence-corrected chi connectivity index (χ0v) is 17.5. The van der Waals surface area contributed by atoms with Crippen LogP contribution in [-0.4, -0.2) is 52.8 Å². The highest BCUT2D eigenvalue weighted by Gasteiger charge is 2.24. The van der Waals surface area contributed by atoms with Gasteiger partial charge < -0.3 is 10.1 Å². The number of aryl methyl sites for hydroxylation is 1. The Kier molecular flexibility index (Phi) is 4.79. The molecule has 8 nitrogen and oxygen atoms in total. The smallest absolute Gasteiger partial charge is 0.338 e. The van der Waals surface area contributed by atoms with Crippen molar-refractivity contribution in [3.63, 3.8) is 0 Å². The van der Waals surface area contributed by atoms with E-state index in [2.05, 4.69) is 15.0 Å². The van der Waals surface area contributed by atoms with E-state index in [1.807, 2.05) is 25.1 Å². The lowest BCUT2D eigenvalue weighted by atomic mass is 10.1. The Balaban J connectivity index is 1.98. The topological polar surface area (TPSA) is 116 Å². The number of hydrogen-bond donors (Lipinski definition) is 2. The van der Waals surface area contributed by atoms with E-state index >= 15 is 0 Å². The second-order valence-electron chi connectivity index (χ2n) is 7.10. The van der Waals surface area contributed by atoms with E-state index in [9.17, 15) is 18.3 Å². The number of benzene rings is 2. The average molecular weight is 424 g/mol. The van der Waals surface area contributed by atoms with Crippen LogP contribution < -0.4 is 0 Å². The molecule has 0 saturated heterocycles. The molecule has 0 spiro atoms. The van der Waals surface area contributed by atoms with Gasteiger partial charge in [-0.3, -0.25) is 0 Å². The lowest BCUT2D eigenvalue weighted by Crippen LogP contribution is -2.22. The number of aromatic carboxylic acids is 1. The number of rotatable bonds is 5. The van der Waals surface area contributed by atoms with Gasteiger partial charge in [0.15, 0.2) is 5.82 Å². The predicted molar refractivity (Wildman–Crippen MR) is 114 cm³/mol. The van der Waals surface area contributed by atoms with Gasteiger partial charge in [0.25, 0.3) is 0 Å². The molecule has 0 aliphatic heterocycles. The molecule has 0 fully saturated rings. The van der Waals surface area contributed by atoms with Crippen molar-refractivity contribution in [1.29, 1.82) is 0 Å². The summed E-state index contributed by atoms with van der Waals surface area (Å²) in [7, 11) is -0.839. The summed E-state index contributed by atoms with van der Waals surface area (Å²) in [5.41, 5.74) is 2.58. The van der Waals surface area contributed by atoms with Gasteiger partial charge in [-0.25, -0.2) is 27.5 Å². The highest BCUT2D eigenvalue weighted by molar-refractivity contribution is 7.89. The molecule has 2 aromatic heterocycles. The Labute approximate surface area is 173 Å². The molecule has 0 saturated carbocycles. The first kappa shape index (κ1) is 20.0. The Bertz CT molecular complexity index is 1410. The number of carboxylic acid groups (broad SMARTS) is 1. The molecule has 154 valence electrons. The molecule has 2 heterocycles. The number of fused-ring (bicyclic) bond motifs is 2. The van der Waals surface area contributed by atoms with Crippen LogP contribution in [0.1, 0.15) is 22.8 Å². The maximum atomic E-state index is 12.7. The van der Waals surface area contributed by atoms with Crippen molar-refractivity contribution >= 4 is 37.9 Å². The number of nitrogens with zero attached hydrogens (tertiary/aromatic N) is 3. The van der Waals surface area contributed by atoms with Crippen LogP contribution in [0.25, 0.3) is 33.5 Å². The van der Waals surface area contributed by atoms with Gasteiger partial charge in [-0.2, -0.15) is 0 Å². The second-order valence-corrected chi connectivity index (χ2v) is 9.22. The highest BCUT2D eigenvalue weighted by Crippen LogP contribution is 2.29. The van der Waals surface area contributed by atoms with E-state index in [-0.39, 0.29) is 27.5 Å². The molecule has 2 N–H and O–H groups in total. The van der Waals surface area contributed by atoms with Crippen molar-refractivity contribution in [2.24, 2.45) is 0 Å². The number of imidazole rings is 1. The van der Waals surface area contributed by atoms with Gasteiger partial charge in [-0.1, -0.05) is 19.1 Å². The quantitative estimate of drug-likeness (QED) is 0.508. The number of sulfonamides is 1. The summed E-state index contributed by atoms with van der Waals surface area (Å²) < 4.78 is 26.4. The molecule has 0 unspecified atom stereocenters. The van der Waals surface area contributed by atoms with Crippen LogP contribution in [0.5, 0.6) is 0 Å². The van der Waals surface area contributed by atoms with Crippen molar-refractivity contribution in [3.05, 3.63) is 53.6 Å². The van der Waals surface area contributed by atoms with Gasteiger partial charge in [0.2, 0.25) is 10.0 Å².